The van der Waals surface area contributed by atoms with Gasteiger partial charge in [-0.15, -0.1) is 0 Å². The highest BCUT2D eigenvalue weighted by Crippen LogP contribution is 2.44. The lowest BCUT2D eigenvalue weighted by Gasteiger charge is -2.08. The summed E-state index contributed by atoms with van der Waals surface area (Å²) in [5.74, 6) is 0. The molecule has 0 amide bonds. The smallest absolute Gasteiger partial charge is 0.0716 e. The molecule has 2 N–H and O–H groups in total. The first-order valence-electron chi connectivity index (χ1n) is 10.2. The van der Waals surface area contributed by atoms with Crippen molar-refractivity contribution in [2.45, 2.75) is 0 Å². The Morgan fingerprint density at radius 1 is 0.367 bits per heavy atom. The van der Waals surface area contributed by atoms with Gasteiger partial charge in [0.2, 0.25) is 0 Å². The number of H-pyrrole nitrogens is 2. The van der Waals surface area contributed by atoms with Crippen LogP contribution in [0.25, 0.3) is 55.4 Å². The largest absolute Gasteiger partial charge is 0.353 e. The molecule has 30 heavy (non-hydrogen) atoms. The first kappa shape index (κ1) is 16.9. The maximum absolute atomic E-state index is 3.72. The average Bonchev–Trinajstić information content (AvgIpc) is 3.39. The van der Waals surface area contributed by atoms with Crippen molar-refractivity contribution in [3.05, 3.63) is 109 Å². The molecule has 0 atom stereocenters. The van der Waals surface area contributed by atoms with E-state index in [1.165, 1.54) is 33.0 Å². The first-order valence-corrected chi connectivity index (χ1v) is 10.2. The van der Waals surface area contributed by atoms with Crippen molar-refractivity contribution in [1.82, 2.24) is 9.97 Å². The third-order valence-corrected chi connectivity index (χ3v) is 5.79. The van der Waals surface area contributed by atoms with Gasteiger partial charge in [-0.1, -0.05) is 97.1 Å². The summed E-state index contributed by atoms with van der Waals surface area (Å²) in [4.78, 5) is 7.44. The molecule has 142 valence electrons. The average molecular weight is 384 g/mol. The Bertz CT molecular complexity index is 1360. The molecule has 0 saturated carbocycles. The van der Waals surface area contributed by atoms with Gasteiger partial charge in [0.1, 0.15) is 0 Å². The topological polar surface area (TPSA) is 31.6 Å². The minimum absolute atomic E-state index is 1.12. The van der Waals surface area contributed by atoms with Crippen molar-refractivity contribution < 1.29 is 0 Å². The highest BCUT2D eigenvalue weighted by molar-refractivity contribution is 6.10. The zero-order chi connectivity index (χ0) is 19.9. The number of benzene rings is 4. The van der Waals surface area contributed by atoms with Crippen LogP contribution in [0.2, 0.25) is 0 Å². The number of hydrogen-bond acceptors (Lipinski definition) is 0. The summed E-state index contributed by atoms with van der Waals surface area (Å²) in [5.41, 5.74) is 9.41. The summed E-state index contributed by atoms with van der Waals surface area (Å²) in [7, 11) is 0. The second-order valence-corrected chi connectivity index (χ2v) is 7.57. The van der Waals surface area contributed by atoms with Crippen molar-refractivity contribution in [3.8, 4) is 33.6 Å². The zero-order valence-electron chi connectivity index (χ0n) is 16.4. The number of hydrogen-bond donors (Lipinski definition) is 2. The van der Waals surface area contributed by atoms with Gasteiger partial charge >= 0.3 is 0 Å². The van der Waals surface area contributed by atoms with E-state index in [4.69, 9.17) is 0 Å². The first-order chi connectivity index (χ1) is 14.9. The van der Waals surface area contributed by atoms with Gasteiger partial charge in [0.25, 0.3) is 0 Å². The summed E-state index contributed by atoms with van der Waals surface area (Å²) >= 11 is 0. The molecule has 4 aromatic carbocycles. The lowest BCUT2D eigenvalue weighted by Crippen LogP contribution is -1.86. The molecular weight excluding hydrogens is 364 g/mol. The maximum Gasteiger partial charge on any atom is 0.0716 e. The fourth-order valence-corrected chi connectivity index (χ4v) is 4.47. The fourth-order valence-electron chi connectivity index (χ4n) is 4.47. The molecule has 6 aromatic rings. The normalized spacial score (nSPS) is 11.3. The molecule has 0 unspecified atom stereocenters. The predicted molar refractivity (Wildman–Crippen MR) is 126 cm³/mol. The maximum atomic E-state index is 3.72. The Labute approximate surface area is 174 Å². The molecule has 6 rings (SSSR count). The Morgan fingerprint density at radius 3 is 1.17 bits per heavy atom. The van der Waals surface area contributed by atoms with Crippen LogP contribution >= 0.6 is 0 Å². The van der Waals surface area contributed by atoms with E-state index < -0.39 is 0 Å². The van der Waals surface area contributed by atoms with Gasteiger partial charge in [-0.05, 0) is 23.3 Å². The van der Waals surface area contributed by atoms with E-state index in [-0.39, 0.29) is 0 Å². The summed E-state index contributed by atoms with van der Waals surface area (Å²) in [6, 6.07) is 38.3. The van der Waals surface area contributed by atoms with Crippen molar-refractivity contribution in [1.29, 1.82) is 0 Å². The van der Waals surface area contributed by atoms with Gasteiger partial charge in [0.15, 0.2) is 0 Å². The minimum atomic E-state index is 1.12. The van der Waals surface area contributed by atoms with E-state index in [0.29, 0.717) is 0 Å². The minimum Gasteiger partial charge on any atom is -0.353 e. The van der Waals surface area contributed by atoms with E-state index in [0.717, 1.165) is 22.4 Å². The standard InChI is InChI=1S/C28H20N2/c1-3-11-19(12-4-1)25-21-15-7-9-17-23(21)29-27(25)28-26(20-13-5-2-6-14-20)22-16-8-10-18-24(22)30-28/h1-18,29-30H. The summed E-state index contributed by atoms with van der Waals surface area (Å²) in [6.07, 6.45) is 0. The summed E-state index contributed by atoms with van der Waals surface area (Å²) in [6.45, 7) is 0. The Balaban J connectivity index is 1.74. The van der Waals surface area contributed by atoms with Crippen molar-refractivity contribution in [2.75, 3.05) is 0 Å². The quantitative estimate of drug-likeness (QED) is 0.314. The summed E-state index contributed by atoms with van der Waals surface area (Å²) in [5, 5.41) is 2.47. The highest BCUT2D eigenvalue weighted by Gasteiger charge is 2.21. The van der Waals surface area contributed by atoms with Gasteiger partial charge in [-0.2, -0.15) is 0 Å². The van der Waals surface area contributed by atoms with Crippen LogP contribution in [-0.2, 0) is 0 Å². The van der Waals surface area contributed by atoms with Gasteiger partial charge in [0.05, 0.1) is 11.4 Å². The van der Waals surface area contributed by atoms with Crippen LogP contribution in [0.4, 0.5) is 0 Å². The van der Waals surface area contributed by atoms with Crippen LogP contribution in [0.15, 0.2) is 109 Å². The monoisotopic (exact) mass is 384 g/mol. The second kappa shape index (κ2) is 6.78. The van der Waals surface area contributed by atoms with E-state index in [1.807, 2.05) is 0 Å². The lowest BCUT2D eigenvalue weighted by atomic mass is 9.96. The summed E-state index contributed by atoms with van der Waals surface area (Å²) < 4.78 is 0. The molecule has 0 spiro atoms. The molecule has 0 aliphatic rings. The molecule has 2 aromatic heterocycles. The molecule has 0 aliphatic carbocycles. The molecule has 2 heterocycles. The molecular formula is C28H20N2. The third-order valence-electron chi connectivity index (χ3n) is 5.79. The predicted octanol–water partition coefficient (Wildman–Crippen LogP) is 7.65. The van der Waals surface area contributed by atoms with Gasteiger partial charge in [-0.25, -0.2) is 0 Å². The van der Waals surface area contributed by atoms with E-state index in [2.05, 4.69) is 119 Å². The number of aromatic nitrogens is 2. The third kappa shape index (κ3) is 2.58. The zero-order valence-corrected chi connectivity index (χ0v) is 16.4. The van der Waals surface area contributed by atoms with Crippen LogP contribution in [0.1, 0.15) is 0 Å². The van der Waals surface area contributed by atoms with Crippen molar-refractivity contribution in [3.63, 3.8) is 0 Å². The van der Waals surface area contributed by atoms with Crippen LogP contribution < -0.4 is 0 Å². The van der Waals surface area contributed by atoms with Crippen LogP contribution in [0, 0.1) is 0 Å². The molecule has 0 fully saturated rings. The second-order valence-electron chi connectivity index (χ2n) is 7.57. The molecule has 2 nitrogen and oxygen atoms in total. The fraction of sp³-hybridized carbons (Fsp3) is 0. The highest BCUT2D eigenvalue weighted by atomic mass is 14.8. The molecule has 0 aliphatic heterocycles. The van der Waals surface area contributed by atoms with Crippen LogP contribution in [-0.4, -0.2) is 9.97 Å². The molecule has 0 saturated heterocycles. The van der Waals surface area contributed by atoms with Gasteiger partial charge in [0, 0.05) is 32.9 Å². The number of rotatable bonds is 3. The Hall–Kier alpha value is -4.04. The Kier molecular flexibility index (Phi) is 3.82. The SMILES string of the molecule is c1ccc(-c2c(-c3[nH]c4ccccc4c3-c3ccccc3)[nH]c3ccccc23)cc1. The van der Waals surface area contributed by atoms with E-state index in [9.17, 15) is 0 Å². The molecule has 0 bridgehead atoms. The van der Waals surface area contributed by atoms with Gasteiger partial charge in [-0.3, -0.25) is 0 Å². The Morgan fingerprint density at radius 2 is 0.733 bits per heavy atom. The number of fused-ring (bicyclic) bond motifs is 2. The van der Waals surface area contributed by atoms with Crippen molar-refractivity contribution in [2.24, 2.45) is 0 Å². The number of nitrogens with one attached hydrogen (secondary N) is 2. The molecule has 0 radical (unpaired) electrons. The van der Waals surface area contributed by atoms with Gasteiger partial charge < -0.3 is 9.97 Å². The molecule has 2 heteroatoms. The lowest BCUT2D eigenvalue weighted by molar-refractivity contribution is 1.38. The van der Waals surface area contributed by atoms with Crippen LogP contribution in [0.5, 0.6) is 0 Å². The van der Waals surface area contributed by atoms with E-state index in [1.54, 1.807) is 0 Å². The van der Waals surface area contributed by atoms with Crippen LogP contribution in [0.3, 0.4) is 0 Å². The van der Waals surface area contributed by atoms with Crippen molar-refractivity contribution >= 4 is 21.8 Å². The van der Waals surface area contributed by atoms with E-state index >= 15 is 0 Å². The number of aromatic amines is 2. The number of para-hydroxylation sites is 2.